The Bertz CT molecular complexity index is 2720. The average molecular weight is 1420 g/mol. The smallest absolute Gasteiger partial charge is 0.407 e. The molecule has 1 aliphatic heterocycles. The fourth-order valence-electron chi connectivity index (χ4n) is 12.4. The Kier molecular flexibility index (Phi) is 39.4. The first-order valence-electron chi connectivity index (χ1n) is 35.1. The monoisotopic (exact) mass is 1420 g/mol. The second-order valence-electron chi connectivity index (χ2n) is 28.6. The second-order valence-corrected chi connectivity index (χ2v) is 28.6. The quantitative estimate of drug-likeness (QED) is 0.0398. The van der Waals surface area contributed by atoms with Crippen LogP contribution in [0.4, 0.5) is 4.79 Å². The summed E-state index contributed by atoms with van der Waals surface area (Å²) in [6.07, 6.45) is -7.44. The van der Waals surface area contributed by atoms with Crippen molar-refractivity contribution in [3.63, 3.8) is 0 Å². The van der Waals surface area contributed by atoms with Gasteiger partial charge in [0.15, 0.2) is 0 Å². The lowest BCUT2D eigenvalue weighted by Crippen LogP contribution is -2.59. The van der Waals surface area contributed by atoms with Crippen molar-refractivity contribution in [1.82, 2.24) is 51.1 Å². The predicted molar refractivity (Wildman–Crippen MR) is 374 cm³/mol. The summed E-state index contributed by atoms with van der Waals surface area (Å²) in [7, 11) is 8.12. The van der Waals surface area contributed by atoms with Gasteiger partial charge in [0.25, 0.3) is 0 Å². The fraction of sp³-hybridized carbons (Fsp3) is 0.771. The average Bonchev–Trinajstić information content (AvgIpc) is 1.73. The number of likely N-dealkylation sites (N-methyl/N-ethyl adjacent to an activating group) is 3. The van der Waals surface area contributed by atoms with Crippen LogP contribution in [-0.4, -0.2) is 287 Å². The molecule has 1 fully saturated rings. The van der Waals surface area contributed by atoms with E-state index in [1.165, 1.54) is 21.1 Å². The van der Waals surface area contributed by atoms with Gasteiger partial charge in [-0.2, -0.15) is 0 Å². The van der Waals surface area contributed by atoms with Gasteiger partial charge in [0, 0.05) is 91.2 Å². The van der Waals surface area contributed by atoms with Crippen LogP contribution in [-0.2, 0) is 63.8 Å². The second kappa shape index (κ2) is 44.0. The molecule has 0 spiro atoms. The molecule has 1 heterocycles. The van der Waals surface area contributed by atoms with Crippen molar-refractivity contribution in [3.8, 4) is 0 Å². The van der Waals surface area contributed by atoms with Gasteiger partial charge in [-0.1, -0.05) is 92.1 Å². The SMILES string of the molecule is CC[C@H](C)[C@@H]([C@@H](CC(=O)N1CCC[C@H]1[C@H](C)[C@@H](C)C(=O)N[C@@H](Cc1ccccc1)C(=O)NCCOCCN(C(=O)CC(N)CC(=O)N(C)C[C@H](O)[C@@H](O)[C@H](O)[C@H](O)CO)[C@@H](CCCCNC(=O)OC(C)(C)C)C(=O)N[C@@H](C)C(=O)O)OC)N(C)C(=O)[C@@H](NC(=O)[C@H](C(C)C)N(C)C)C(C)C. The highest BCUT2D eigenvalue weighted by atomic mass is 16.6. The van der Waals surface area contributed by atoms with E-state index in [0.29, 0.717) is 25.8 Å². The van der Waals surface area contributed by atoms with Crippen LogP contribution in [0.25, 0.3) is 0 Å². The first kappa shape index (κ1) is 89.4. The van der Waals surface area contributed by atoms with Gasteiger partial charge in [-0.3, -0.25) is 48.1 Å². The molecule has 1 aromatic carbocycles. The molecular weight excluding hydrogens is 1300 g/mol. The first-order valence-corrected chi connectivity index (χ1v) is 35.1. The van der Waals surface area contributed by atoms with Crippen molar-refractivity contribution in [2.24, 2.45) is 35.3 Å². The Morgan fingerprint density at radius 3 is 1.92 bits per heavy atom. The number of carboxylic acids is 1. The highest BCUT2D eigenvalue weighted by Crippen LogP contribution is 2.32. The first-order chi connectivity index (χ1) is 46.7. The maximum atomic E-state index is 14.6. The van der Waals surface area contributed by atoms with Crippen LogP contribution in [0.15, 0.2) is 30.3 Å². The number of carboxylic acid groups (broad SMARTS) is 1. The lowest BCUT2D eigenvalue weighted by Gasteiger charge is -2.41. The molecule has 13 N–H and O–H groups in total. The molecule has 2 rings (SSSR count). The van der Waals surface area contributed by atoms with Crippen molar-refractivity contribution in [1.29, 1.82) is 0 Å². The molecule has 30 heteroatoms. The van der Waals surface area contributed by atoms with E-state index >= 15 is 0 Å². The minimum absolute atomic E-state index is 0.0187. The molecule has 100 heavy (non-hydrogen) atoms. The summed E-state index contributed by atoms with van der Waals surface area (Å²) in [4.78, 5) is 145. The number of aliphatic hydroxyl groups excluding tert-OH is 5. The number of likely N-dealkylation sites (tertiary alicyclic amines) is 1. The predicted octanol–water partition coefficient (Wildman–Crippen LogP) is 0.598. The van der Waals surface area contributed by atoms with Crippen molar-refractivity contribution in [2.75, 3.05) is 87.8 Å². The van der Waals surface area contributed by atoms with Crippen molar-refractivity contribution >= 4 is 59.3 Å². The number of nitrogens with two attached hydrogens (primary N) is 1. The summed E-state index contributed by atoms with van der Waals surface area (Å²) in [5.41, 5.74) is 6.35. The number of carbonyl (C=O) groups is 10. The number of benzene rings is 1. The van der Waals surface area contributed by atoms with Crippen LogP contribution in [0.2, 0.25) is 0 Å². The van der Waals surface area contributed by atoms with Gasteiger partial charge in [-0.25, -0.2) is 4.79 Å². The number of methoxy groups -OCH3 is 1. The molecule has 0 bridgehead atoms. The largest absolute Gasteiger partial charge is 0.480 e. The number of nitrogens with zero attached hydrogens (tertiary/aromatic N) is 5. The van der Waals surface area contributed by atoms with Crippen LogP contribution in [0.3, 0.4) is 0 Å². The molecule has 0 aliphatic carbocycles. The van der Waals surface area contributed by atoms with E-state index in [9.17, 15) is 73.5 Å². The highest BCUT2D eigenvalue weighted by molar-refractivity contribution is 5.92. The van der Waals surface area contributed by atoms with E-state index in [2.05, 4.69) is 26.6 Å². The molecule has 0 saturated carbocycles. The summed E-state index contributed by atoms with van der Waals surface area (Å²) in [5, 5.41) is 73.4. The maximum Gasteiger partial charge on any atom is 0.407 e. The summed E-state index contributed by atoms with van der Waals surface area (Å²) in [6, 6.07) is 1.84. The van der Waals surface area contributed by atoms with Crippen molar-refractivity contribution < 1.29 is 92.8 Å². The van der Waals surface area contributed by atoms with Crippen LogP contribution in [0.1, 0.15) is 146 Å². The van der Waals surface area contributed by atoms with Crippen LogP contribution in [0.5, 0.6) is 0 Å². The Balaban J connectivity index is 2.36. The zero-order valence-corrected chi connectivity index (χ0v) is 62.3. The summed E-state index contributed by atoms with van der Waals surface area (Å²) in [5.74, 6) is -6.83. The number of hydrogen-bond acceptors (Lipinski definition) is 20. The fourth-order valence-corrected chi connectivity index (χ4v) is 12.4. The number of hydrogen-bond donors (Lipinski definition) is 12. The molecule has 0 radical (unpaired) electrons. The molecule has 1 saturated heterocycles. The van der Waals surface area contributed by atoms with E-state index in [-0.39, 0.29) is 112 Å². The number of rotatable bonds is 45. The summed E-state index contributed by atoms with van der Waals surface area (Å²) in [6.45, 7) is 20.0. The molecule has 1 aromatic rings. The molecule has 1 aliphatic rings. The van der Waals surface area contributed by atoms with Crippen LogP contribution >= 0.6 is 0 Å². The van der Waals surface area contributed by atoms with E-state index in [1.54, 1.807) is 56.7 Å². The van der Waals surface area contributed by atoms with Crippen LogP contribution in [0, 0.1) is 29.6 Å². The Morgan fingerprint density at radius 2 is 1.36 bits per heavy atom. The van der Waals surface area contributed by atoms with Gasteiger partial charge in [-0.15, -0.1) is 0 Å². The molecule has 30 nitrogen and oxygen atoms in total. The van der Waals surface area contributed by atoms with Gasteiger partial charge < -0.3 is 96.8 Å². The third kappa shape index (κ3) is 29.4. The number of unbranched alkanes of at least 4 members (excludes halogenated alkanes) is 1. The van der Waals surface area contributed by atoms with Gasteiger partial charge in [-0.05, 0) is 103 Å². The third-order valence-corrected chi connectivity index (χ3v) is 18.5. The number of amides is 9. The minimum Gasteiger partial charge on any atom is -0.480 e. The van der Waals surface area contributed by atoms with E-state index in [4.69, 9.17) is 25.1 Å². The lowest BCUT2D eigenvalue weighted by molar-refractivity contribution is -0.146. The molecule has 9 amide bonds. The van der Waals surface area contributed by atoms with Gasteiger partial charge in [0.05, 0.1) is 44.4 Å². The number of carbonyl (C=O) groups excluding carboxylic acids is 9. The lowest BCUT2D eigenvalue weighted by atomic mass is 9.86. The van der Waals surface area contributed by atoms with Crippen molar-refractivity contribution in [2.45, 2.75) is 232 Å². The molecular formula is C70H123N11O19. The molecule has 16 atom stereocenters. The number of aliphatic carboxylic acids is 1. The van der Waals surface area contributed by atoms with Gasteiger partial charge >= 0.3 is 12.1 Å². The number of nitrogens with one attached hydrogen (secondary N) is 5. The molecule has 1 unspecified atom stereocenters. The Hall–Kier alpha value is -6.64. The summed E-state index contributed by atoms with van der Waals surface area (Å²) < 4.78 is 17.4. The summed E-state index contributed by atoms with van der Waals surface area (Å²) >= 11 is 0. The third-order valence-electron chi connectivity index (χ3n) is 18.5. The van der Waals surface area contributed by atoms with E-state index < -0.39 is 152 Å². The zero-order valence-electron chi connectivity index (χ0n) is 62.3. The Labute approximate surface area is 591 Å². The number of alkyl carbamates (subject to hydrolysis) is 1. The van der Waals surface area contributed by atoms with E-state index in [1.807, 2.05) is 85.7 Å². The minimum atomic E-state index is -1.96. The number of ether oxygens (including phenoxy) is 3. The standard InChI is InChI=1S/C70H123N11O19/c1-18-43(6)60(79(16)67(94)58(41(2)3)76-66(93)59(42(4)5)77(13)14)54(98-17)38-57(87)80-31-24-28-50(80)44(7)45(8)63(90)75-49(35-47-25-20-19-21-26-47)64(91)72-30-33-99-34-32-81(51(65(92)74-46(9)68(95)96)27-22-23-29-73-69(97)100-70(10,11)12)56(86)37-48(71)36-55(85)78(15)39-52(83)61(88)62(89)53(84)40-82/h19-21,25-26,41-46,48-54,58-62,82-84,88-89H,18,22-24,27-40,71H2,1-17H3,(H,72,91)(H,73,97)(H,74,92)(H,75,90)(H,76,93)(H,95,96)/t43-,44+,45+,46-,48?,49-,50-,51-,52-,53+,54+,58-,59-,60-,61+,62+/m0/s1. The highest BCUT2D eigenvalue weighted by Gasteiger charge is 2.43. The van der Waals surface area contributed by atoms with E-state index in [0.717, 1.165) is 15.4 Å². The van der Waals surface area contributed by atoms with Crippen molar-refractivity contribution in [3.05, 3.63) is 35.9 Å². The maximum absolute atomic E-state index is 14.6. The van der Waals surface area contributed by atoms with Gasteiger partial charge in [0.1, 0.15) is 54.2 Å². The number of aliphatic hydroxyl groups is 5. The van der Waals surface area contributed by atoms with Crippen LogP contribution < -0.4 is 32.3 Å². The molecule has 572 valence electrons. The zero-order chi connectivity index (χ0) is 76.1. The normalized spacial score (nSPS) is 17.9. The van der Waals surface area contributed by atoms with Gasteiger partial charge in [0.2, 0.25) is 47.3 Å². The Morgan fingerprint density at radius 1 is 0.740 bits per heavy atom. The molecule has 0 aromatic heterocycles. The topological polar surface area (TPSA) is 422 Å².